The second-order valence-corrected chi connectivity index (χ2v) is 9.77. The van der Waals surface area contributed by atoms with Gasteiger partial charge in [0.25, 0.3) is 0 Å². The van der Waals surface area contributed by atoms with Crippen LogP contribution >= 0.6 is 11.6 Å². The van der Waals surface area contributed by atoms with Gasteiger partial charge in [0.05, 0.1) is 6.54 Å². The number of amides is 2. The molecule has 1 heterocycles. The summed E-state index contributed by atoms with van der Waals surface area (Å²) in [7, 11) is 0. The molecule has 2 aliphatic rings. The summed E-state index contributed by atoms with van der Waals surface area (Å²) >= 11 is 5.95. The van der Waals surface area contributed by atoms with Crippen LogP contribution < -0.4 is 10.6 Å². The highest BCUT2D eigenvalue weighted by Gasteiger charge is 2.29. The van der Waals surface area contributed by atoms with E-state index in [0.29, 0.717) is 19.0 Å². The number of halogens is 1. The van der Waals surface area contributed by atoms with Gasteiger partial charge in [-0.3, -0.25) is 14.5 Å². The van der Waals surface area contributed by atoms with Gasteiger partial charge in [-0.25, -0.2) is 0 Å². The maximum absolute atomic E-state index is 12.8. The lowest BCUT2D eigenvalue weighted by Gasteiger charge is -2.40. The van der Waals surface area contributed by atoms with Crippen molar-refractivity contribution < 1.29 is 9.59 Å². The second-order valence-electron chi connectivity index (χ2n) is 9.34. The first-order valence-corrected chi connectivity index (χ1v) is 12.7. The molecule has 4 rings (SSSR count). The molecule has 1 aliphatic heterocycles. The van der Waals surface area contributed by atoms with Gasteiger partial charge in [0.2, 0.25) is 11.8 Å². The molecule has 1 unspecified atom stereocenters. The third kappa shape index (κ3) is 5.91. The molecule has 1 aliphatic carbocycles. The average molecular weight is 483 g/mol. The third-order valence-electron chi connectivity index (χ3n) is 7.23. The molecular formula is C27H35ClN4O2. The van der Waals surface area contributed by atoms with Crippen molar-refractivity contribution in [1.29, 1.82) is 0 Å². The predicted molar refractivity (Wildman–Crippen MR) is 137 cm³/mol. The summed E-state index contributed by atoms with van der Waals surface area (Å²) in [5, 5.41) is 0.718. The molecular weight excluding hydrogens is 448 g/mol. The minimum absolute atomic E-state index is 0.217. The molecule has 2 amide bonds. The molecule has 34 heavy (non-hydrogen) atoms. The number of likely N-dealkylation sites (N-methyl/N-ethyl adjacent to an activating group) is 1. The number of nitrogens with two attached hydrogens (primary N) is 1. The average Bonchev–Trinajstić information content (AvgIpc) is 2.86. The maximum Gasteiger partial charge on any atom is 0.231 e. The summed E-state index contributed by atoms with van der Waals surface area (Å²) in [6.45, 7) is 6.40. The highest BCUT2D eigenvalue weighted by atomic mass is 35.5. The predicted octanol–water partition coefficient (Wildman–Crippen LogP) is 3.29. The van der Waals surface area contributed by atoms with Crippen molar-refractivity contribution in [2.24, 2.45) is 5.73 Å². The lowest BCUT2D eigenvalue weighted by atomic mass is 9.86. The van der Waals surface area contributed by atoms with Crippen molar-refractivity contribution in [2.45, 2.75) is 45.1 Å². The Morgan fingerprint density at radius 3 is 2.50 bits per heavy atom. The van der Waals surface area contributed by atoms with Crippen LogP contribution in [-0.4, -0.2) is 66.9 Å². The minimum atomic E-state index is -0.266. The lowest BCUT2D eigenvalue weighted by Crippen LogP contribution is -2.49. The van der Waals surface area contributed by atoms with Crippen molar-refractivity contribution in [2.75, 3.05) is 44.2 Å². The number of piperazine rings is 1. The maximum atomic E-state index is 12.8. The van der Waals surface area contributed by atoms with E-state index in [1.807, 2.05) is 29.2 Å². The Kier molecular flexibility index (Phi) is 8.11. The van der Waals surface area contributed by atoms with Crippen molar-refractivity contribution in [3.63, 3.8) is 0 Å². The van der Waals surface area contributed by atoms with E-state index in [2.05, 4.69) is 34.9 Å². The number of primary amides is 1. The zero-order chi connectivity index (χ0) is 24.1. The van der Waals surface area contributed by atoms with E-state index in [9.17, 15) is 9.59 Å². The van der Waals surface area contributed by atoms with Crippen molar-refractivity contribution >= 4 is 29.1 Å². The smallest absolute Gasteiger partial charge is 0.231 e. The summed E-state index contributed by atoms with van der Waals surface area (Å²) in [5.41, 5.74) is 10.7. The SMILES string of the molecule is CCN(CC(N)=O)C1CCc2cccc(N3CCN(C(=O)CCc4ccc(Cl)cc4)CC3)c2C1. The van der Waals surface area contributed by atoms with Crippen LogP contribution in [0, 0.1) is 0 Å². The molecule has 7 heteroatoms. The number of nitrogens with zero attached hydrogens (tertiary/aromatic N) is 3. The fourth-order valence-electron chi connectivity index (χ4n) is 5.32. The van der Waals surface area contributed by atoms with Crippen LogP contribution in [0.15, 0.2) is 42.5 Å². The van der Waals surface area contributed by atoms with E-state index in [-0.39, 0.29) is 11.8 Å². The fraction of sp³-hybridized carbons (Fsp3) is 0.481. The largest absolute Gasteiger partial charge is 0.369 e. The minimum Gasteiger partial charge on any atom is -0.369 e. The molecule has 0 radical (unpaired) electrons. The topological polar surface area (TPSA) is 69.9 Å². The Bertz CT molecular complexity index is 1000. The molecule has 1 atom stereocenters. The quantitative estimate of drug-likeness (QED) is 0.626. The molecule has 0 aromatic heterocycles. The number of anilines is 1. The first-order valence-electron chi connectivity index (χ1n) is 12.3. The van der Waals surface area contributed by atoms with E-state index in [0.717, 1.165) is 69.0 Å². The Morgan fingerprint density at radius 2 is 1.82 bits per heavy atom. The van der Waals surface area contributed by atoms with E-state index < -0.39 is 0 Å². The highest BCUT2D eigenvalue weighted by molar-refractivity contribution is 6.30. The van der Waals surface area contributed by atoms with Gasteiger partial charge in [-0.05, 0) is 67.1 Å². The van der Waals surface area contributed by atoms with Gasteiger partial charge < -0.3 is 15.5 Å². The molecule has 0 saturated carbocycles. The highest BCUT2D eigenvalue weighted by Crippen LogP contribution is 2.33. The molecule has 2 N–H and O–H groups in total. The van der Waals surface area contributed by atoms with Gasteiger partial charge in [-0.2, -0.15) is 0 Å². The van der Waals surface area contributed by atoms with Crippen LogP contribution in [0.4, 0.5) is 5.69 Å². The normalized spacial score (nSPS) is 18.1. The number of carbonyl (C=O) groups is 2. The summed E-state index contributed by atoms with van der Waals surface area (Å²) < 4.78 is 0. The molecule has 0 spiro atoms. The van der Waals surface area contributed by atoms with Crippen LogP contribution in [0.5, 0.6) is 0 Å². The van der Waals surface area contributed by atoms with Gasteiger partial charge in [0.1, 0.15) is 0 Å². The van der Waals surface area contributed by atoms with Crippen LogP contribution in [0.2, 0.25) is 5.02 Å². The Labute approximate surface area is 207 Å². The van der Waals surface area contributed by atoms with E-state index in [4.69, 9.17) is 17.3 Å². The first-order chi connectivity index (χ1) is 16.4. The second kappa shape index (κ2) is 11.2. The Hall–Kier alpha value is -2.57. The summed E-state index contributed by atoms with van der Waals surface area (Å²) in [5.74, 6) is -0.0485. The molecule has 6 nitrogen and oxygen atoms in total. The summed E-state index contributed by atoms with van der Waals surface area (Å²) in [4.78, 5) is 31.0. The van der Waals surface area contributed by atoms with E-state index >= 15 is 0 Å². The van der Waals surface area contributed by atoms with Crippen molar-refractivity contribution in [1.82, 2.24) is 9.80 Å². The molecule has 2 aromatic carbocycles. The molecule has 182 valence electrons. The number of fused-ring (bicyclic) bond motifs is 1. The van der Waals surface area contributed by atoms with Crippen LogP contribution in [0.25, 0.3) is 0 Å². The van der Waals surface area contributed by atoms with Gasteiger partial charge in [-0.1, -0.05) is 42.8 Å². The summed E-state index contributed by atoms with van der Waals surface area (Å²) in [6, 6.07) is 14.7. The standard InChI is InChI=1S/C27H35ClN4O2/c1-2-30(19-26(29)33)23-12-9-21-4-3-5-25(24(21)18-23)31-14-16-32(17-15-31)27(34)13-8-20-6-10-22(28)11-7-20/h3-7,10-11,23H,2,8-9,12-19H2,1H3,(H2,29,33). The summed E-state index contributed by atoms with van der Waals surface area (Å²) in [6.07, 6.45) is 4.27. The van der Waals surface area contributed by atoms with Gasteiger partial charge in [0, 0.05) is 49.4 Å². The van der Waals surface area contributed by atoms with Gasteiger partial charge in [0.15, 0.2) is 0 Å². The Balaban J connectivity index is 1.36. The zero-order valence-electron chi connectivity index (χ0n) is 20.0. The van der Waals surface area contributed by atoms with E-state index in [1.54, 1.807) is 0 Å². The molecule has 1 saturated heterocycles. The van der Waals surface area contributed by atoms with Crippen LogP contribution in [0.3, 0.4) is 0 Å². The lowest BCUT2D eigenvalue weighted by molar-refractivity contribution is -0.131. The number of benzene rings is 2. The fourth-order valence-corrected chi connectivity index (χ4v) is 5.44. The zero-order valence-corrected chi connectivity index (χ0v) is 20.8. The Morgan fingerprint density at radius 1 is 1.09 bits per heavy atom. The monoisotopic (exact) mass is 482 g/mol. The molecule has 1 fully saturated rings. The molecule has 0 bridgehead atoms. The number of hydrogen-bond donors (Lipinski definition) is 1. The van der Waals surface area contributed by atoms with Crippen LogP contribution in [0.1, 0.15) is 36.5 Å². The number of aryl methyl sites for hydroxylation is 2. The van der Waals surface area contributed by atoms with Gasteiger partial charge in [-0.15, -0.1) is 0 Å². The van der Waals surface area contributed by atoms with Gasteiger partial charge >= 0.3 is 0 Å². The number of rotatable bonds is 8. The third-order valence-corrected chi connectivity index (χ3v) is 7.48. The number of hydrogen-bond acceptors (Lipinski definition) is 4. The number of carbonyl (C=O) groups excluding carboxylic acids is 2. The van der Waals surface area contributed by atoms with E-state index in [1.165, 1.54) is 16.8 Å². The van der Waals surface area contributed by atoms with Crippen molar-refractivity contribution in [3.8, 4) is 0 Å². The van der Waals surface area contributed by atoms with Crippen LogP contribution in [-0.2, 0) is 28.9 Å². The molecule has 2 aromatic rings. The first kappa shape index (κ1) is 24.6. The van der Waals surface area contributed by atoms with Crippen molar-refractivity contribution in [3.05, 3.63) is 64.2 Å².